The molecule has 1 aliphatic heterocycles. The SMILES string of the molecule is CCCC/C(C)=C/CC/C(C)=C/COc1ccc2c(c1)OCO2. The molecule has 0 atom stereocenters. The molecule has 0 aromatic heterocycles. The molecule has 0 bridgehead atoms. The predicted octanol–water partition coefficient (Wildman–Crippen LogP) is 5.66. The highest BCUT2D eigenvalue weighted by Crippen LogP contribution is 2.35. The Kier molecular flexibility index (Phi) is 7.05. The highest BCUT2D eigenvalue weighted by atomic mass is 16.7. The molecule has 1 aromatic carbocycles. The fraction of sp³-hybridized carbons (Fsp3) is 0.500. The Morgan fingerprint density at radius 3 is 2.70 bits per heavy atom. The van der Waals surface area contributed by atoms with E-state index in [1.165, 1.54) is 30.4 Å². The summed E-state index contributed by atoms with van der Waals surface area (Å²) in [4.78, 5) is 0. The van der Waals surface area contributed by atoms with Crippen molar-refractivity contribution < 1.29 is 14.2 Å². The first-order valence-corrected chi connectivity index (χ1v) is 8.52. The third-order valence-corrected chi connectivity index (χ3v) is 3.98. The molecule has 0 radical (unpaired) electrons. The molecule has 3 nitrogen and oxygen atoms in total. The summed E-state index contributed by atoms with van der Waals surface area (Å²) in [6, 6.07) is 5.68. The van der Waals surface area contributed by atoms with Gasteiger partial charge in [-0.15, -0.1) is 0 Å². The minimum atomic E-state index is 0.295. The van der Waals surface area contributed by atoms with Crippen LogP contribution in [0.3, 0.4) is 0 Å². The standard InChI is InChI=1S/C20H28O3/c1-4-5-7-16(2)8-6-9-17(3)12-13-21-18-10-11-19-20(14-18)23-15-22-19/h8,10-12,14H,4-7,9,13,15H2,1-3H3/b16-8+,17-12+. The number of unbranched alkanes of at least 4 members (excludes halogenated alkanes) is 1. The van der Waals surface area contributed by atoms with Crippen LogP contribution in [0.4, 0.5) is 0 Å². The third kappa shape index (κ3) is 6.01. The van der Waals surface area contributed by atoms with Crippen molar-refractivity contribution in [1.29, 1.82) is 0 Å². The quantitative estimate of drug-likeness (QED) is 0.550. The van der Waals surface area contributed by atoms with Crippen LogP contribution in [-0.2, 0) is 0 Å². The molecule has 0 aliphatic carbocycles. The number of fused-ring (bicyclic) bond motifs is 1. The molecule has 0 amide bonds. The Labute approximate surface area is 139 Å². The van der Waals surface area contributed by atoms with Crippen LogP contribution >= 0.6 is 0 Å². The highest BCUT2D eigenvalue weighted by molar-refractivity contribution is 5.46. The van der Waals surface area contributed by atoms with Crippen LogP contribution in [0.1, 0.15) is 52.9 Å². The first kappa shape index (κ1) is 17.5. The number of allylic oxidation sites excluding steroid dienone is 3. The van der Waals surface area contributed by atoms with Gasteiger partial charge in [0.1, 0.15) is 12.4 Å². The summed E-state index contributed by atoms with van der Waals surface area (Å²) < 4.78 is 16.4. The summed E-state index contributed by atoms with van der Waals surface area (Å²) in [5, 5.41) is 0. The van der Waals surface area contributed by atoms with E-state index in [9.17, 15) is 0 Å². The lowest BCUT2D eigenvalue weighted by molar-refractivity contribution is 0.174. The summed E-state index contributed by atoms with van der Waals surface area (Å²) in [6.45, 7) is 7.52. The Morgan fingerprint density at radius 1 is 1.09 bits per heavy atom. The second-order valence-electron chi connectivity index (χ2n) is 6.07. The Balaban J connectivity index is 1.70. The molecule has 1 aliphatic rings. The normalized spacial score (nSPS) is 14.2. The van der Waals surface area contributed by atoms with Crippen LogP contribution in [0.15, 0.2) is 41.5 Å². The van der Waals surface area contributed by atoms with Crippen LogP contribution in [-0.4, -0.2) is 13.4 Å². The molecule has 0 saturated heterocycles. The van der Waals surface area contributed by atoms with Crippen molar-refractivity contribution >= 4 is 0 Å². The van der Waals surface area contributed by atoms with Gasteiger partial charge in [-0.25, -0.2) is 0 Å². The average molecular weight is 316 g/mol. The Hall–Kier alpha value is -1.90. The van der Waals surface area contributed by atoms with E-state index in [2.05, 4.69) is 32.9 Å². The van der Waals surface area contributed by atoms with Crippen molar-refractivity contribution in [2.24, 2.45) is 0 Å². The largest absolute Gasteiger partial charge is 0.489 e. The summed E-state index contributed by atoms with van der Waals surface area (Å²) in [5.74, 6) is 2.36. The van der Waals surface area contributed by atoms with Gasteiger partial charge >= 0.3 is 0 Å². The number of benzene rings is 1. The van der Waals surface area contributed by atoms with Gasteiger partial charge in [0.15, 0.2) is 11.5 Å². The van der Waals surface area contributed by atoms with Gasteiger partial charge in [0.25, 0.3) is 0 Å². The van der Waals surface area contributed by atoms with Gasteiger partial charge in [-0.3, -0.25) is 0 Å². The molecular weight excluding hydrogens is 288 g/mol. The van der Waals surface area contributed by atoms with E-state index >= 15 is 0 Å². The van der Waals surface area contributed by atoms with Crippen molar-refractivity contribution in [1.82, 2.24) is 0 Å². The smallest absolute Gasteiger partial charge is 0.231 e. The minimum Gasteiger partial charge on any atom is -0.489 e. The van der Waals surface area contributed by atoms with Crippen molar-refractivity contribution in [3.63, 3.8) is 0 Å². The van der Waals surface area contributed by atoms with E-state index in [0.717, 1.165) is 30.1 Å². The molecule has 0 N–H and O–H groups in total. The lowest BCUT2D eigenvalue weighted by Gasteiger charge is -2.05. The average Bonchev–Trinajstić information content (AvgIpc) is 3.00. The molecular formula is C20H28O3. The van der Waals surface area contributed by atoms with E-state index in [-0.39, 0.29) is 0 Å². The molecule has 0 unspecified atom stereocenters. The van der Waals surface area contributed by atoms with E-state index in [1.807, 2.05) is 18.2 Å². The van der Waals surface area contributed by atoms with Gasteiger partial charge in [-0.05, 0) is 57.7 Å². The fourth-order valence-electron chi connectivity index (χ4n) is 2.45. The first-order chi connectivity index (χ1) is 11.2. The maximum Gasteiger partial charge on any atom is 0.231 e. The van der Waals surface area contributed by atoms with E-state index < -0.39 is 0 Å². The summed E-state index contributed by atoms with van der Waals surface area (Å²) in [5.41, 5.74) is 2.88. The lowest BCUT2D eigenvalue weighted by atomic mass is 10.1. The molecule has 23 heavy (non-hydrogen) atoms. The monoisotopic (exact) mass is 316 g/mol. The second kappa shape index (κ2) is 9.29. The second-order valence-corrected chi connectivity index (χ2v) is 6.07. The van der Waals surface area contributed by atoms with Crippen molar-refractivity contribution in [2.75, 3.05) is 13.4 Å². The highest BCUT2D eigenvalue weighted by Gasteiger charge is 2.13. The molecule has 0 spiro atoms. The molecule has 1 heterocycles. The van der Waals surface area contributed by atoms with Crippen LogP contribution in [0.25, 0.3) is 0 Å². The van der Waals surface area contributed by atoms with Crippen molar-refractivity contribution in [3.05, 3.63) is 41.5 Å². The van der Waals surface area contributed by atoms with Gasteiger partial charge in [-0.1, -0.05) is 30.6 Å². The number of ether oxygens (including phenoxy) is 3. The topological polar surface area (TPSA) is 27.7 Å². The van der Waals surface area contributed by atoms with Gasteiger partial charge in [0.05, 0.1) is 0 Å². The maximum absolute atomic E-state index is 5.76. The predicted molar refractivity (Wildman–Crippen MR) is 94.3 cm³/mol. The zero-order valence-corrected chi connectivity index (χ0v) is 14.6. The van der Waals surface area contributed by atoms with E-state index in [0.29, 0.717) is 13.4 Å². The molecule has 0 fully saturated rings. The van der Waals surface area contributed by atoms with Crippen molar-refractivity contribution in [3.8, 4) is 17.2 Å². The third-order valence-electron chi connectivity index (χ3n) is 3.98. The summed E-state index contributed by atoms with van der Waals surface area (Å²) in [7, 11) is 0. The molecule has 0 saturated carbocycles. The van der Waals surface area contributed by atoms with E-state index in [4.69, 9.17) is 14.2 Å². The maximum atomic E-state index is 5.76. The van der Waals surface area contributed by atoms with Gasteiger partial charge in [-0.2, -0.15) is 0 Å². The molecule has 1 aromatic rings. The minimum absolute atomic E-state index is 0.295. The zero-order valence-electron chi connectivity index (χ0n) is 14.6. The first-order valence-electron chi connectivity index (χ1n) is 8.52. The number of hydrogen-bond acceptors (Lipinski definition) is 3. The lowest BCUT2D eigenvalue weighted by Crippen LogP contribution is -1.95. The summed E-state index contributed by atoms with van der Waals surface area (Å²) >= 11 is 0. The van der Waals surface area contributed by atoms with Crippen LogP contribution in [0, 0.1) is 0 Å². The van der Waals surface area contributed by atoms with Gasteiger partial charge in [0.2, 0.25) is 6.79 Å². The number of rotatable bonds is 9. The summed E-state index contributed by atoms with van der Waals surface area (Å²) in [6.07, 6.45) is 10.5. The molecule has 126 valence electrons. The van der Waals surface area contributed by atoms with Crippen LogP contribution in [0.2, 0.25) is 0 Å². The fourth-order valence-corrected chi connectivity index (χ4v) is 2.45. The molecule has 3 heteroatoms. The van der Waals surface area contributed by atoms with Crippen molar-refractivity contribution in [2.45, 2.75) is 52.9 Å². The van der Waals surface area contributed by atoms with Gasteiger partial charge < -0.3 is 14.2 Å². The number of hydrogen-bond donors (Lipinski definition) is 0. The molecule has 2 rings (SSSR count). The zero-order chi connectivity index (χ0) is 16.5. The van der Waals surface area contributed by atoms with E-state index in [1.54, 1.807) is 0 Å². The Morgan fingerprint density at radius 2 is 1.87 bits per heavy atom. The van der Waals surface area contributed by atoms with Crippen LogP contribution < -0.4 is 14.2 Å². The van der Waals surface area contributed by atoms with Gasteiger partial charge in [0, 0.05) is 6.07 Å². The van der Waals surface area contributed by atoms with Crippen LogP contribution in [0.5, 0.6) is 17.2 Å². The Bertz CT molecular complexity index is 558.